The summed E-state index contributed by atoms with van der Waals surface area (Å²) < 4.78 is 0. The third-order valence-corrected chi connectivity index (χ3v) is 5.94. The van der Waals surface area contributed by atoms with E-state index in [1.165, 1.54) is 18.6 Å². The Balaban J connectivity index is 0.00000197. The number of amides is 3. The zero-order valence-corrected chi connectivity index (χ0v) is 23.4. The summed E-state index contributed by atoms with van der Waals surface area (Å²) in [6.45, 7) is 3.72. The fourth-order valence-electron chi connectivity index (χ4n) is 4.00. The molecule has 3 atom stereocenters. The van der Waals surface area contributed by atoms with E-state index in [1.54, 1.807) is 0 Å². The highest BCUT2D eigenvalue weighted by molar-refractivity contribution is 6.13. The van der Waals surface area contributed by atoms with Crippen molar-refractivity contribution in [1.82, 2.24) is 25.9 Å². The molecule has 0 unspecified atom stereocenters. The minimum Gasteiger partial charge on any atom is -0.480 e. The molecule has 0 saturated heterocycles. The molecule has 1 aromatic heterocycles. The van der Waals surface area contributed by atoms with Gasteiger partial charge in [0.15, 0.2) is 0 Å². The van der Waals surface area contributed by atoms with Crippen LogP contribution in [0.15, 0.2) is 79.3 Å². The van der Waals surface area contributed by atoms with Crippen molar-refractivity contribution in [3.63, 3.8) is 0 Å². The molecule has 12 nitrogen and oxygen atoms in total. The number of rotatable bonds is 13. The number of hydrogen-bond donors (Lipinski definition) is 6. The van der Waals surface area contributed by atoms with Gasteiger partial charge in [-0.05, 0) is 23.5 Å². The van der Waals surface area contributed by atoms with Gasteiger partial charge in [-0.25, -0.2) is 9.78 Å². The van der Waals surface area contributed by atoms with Gasteiger partial charge in [0.2, 0.25) is 11.8 Å². The fraction of sp³-hybridized carbons (Fsp3) is 0.310. The quantitative estimate of drug-likeness (QED) is 0.159. The Morgan fingerprint density at radius 2 is 1.24 bits per heavy atom. The van der Waals surface area contributed by atoms with E-state index in [2.05, 4.69) is 25.9 Å². The van der Waals surface area contributed by atoms with Crippen LogP contribution in [0.2, 0.25) is 0 Å². The number of nitrogens with zero attached hydrogens (tertiary/aromatic N) is 2. The van der Waals surface area contributed by atoms with Crippen LogP contribution >= 0.6 is 0 Å². The lowest BCUT2D eigenvalue weighted by atomic mass is 10.0. The third kappa shape index (κ3) is 11.9. The van der Waals surface area contributed by atoms with E-state index in [4.69, 9.17) is 10.0 Å². The summed E-state index contributed by atoms with van der Waals surface area (Å²) in [6.07, 6.45) is 4.61. The van der Waals surface area contributed by atoms with Crippen LogP contribution in [0, 0.1) is 5.92 Å². The maximum atomic E-state index is 13.6. The first kappa shape index (κ1) is 33.6. The van der Waals surface area contributed by atoms with Crippen molar-refractivity contribution >= 4 is 31.4 Å². The Hall–Kier alpha value is -4.62. The maximum absolute atomic E-state index is 13.6. The highest BCUT2D eigenvalue weighted by atomic mass is 16.4. The fourth-order valence-corrected chi connectivity index (χ4v) is 4.00. The summed E-state index contributed by atoms with van der Waals surface area (Å²) in [5.41, 5.74) is 1.61. The average molecular weight is 576 g/mol. The number of carboxylic acid groups (broad SMARTS) is 1. The number of aliphatic carboxylic acids is 1. The van der Waals surface area contributed by atoms with Crippen LogP contribution in [0.3, 0.4) is 0 Å². The van der Waals surface area contributed by atoms with Gasteiger partial charge in [-0.2, -0.15) is 0 Å². The van der Waals surface area contributed by atoms with Gasteiger partial charge in [-0.3, -0.25) is 19.4 Å². The van der Waals surface area contributed by atoms with E-state index in [9.17, 15) is 24.3 Å². The van der Waals surface area contributed by atoms with Crippen LogP contribution in [0.25, 0.3) is 0 Å². The van der Waals surface area contributed by atoms with Crippen LogP contribution in [-0.4, -0.2) is 74.6 Å². The highest BCUT2D eigenvalue weighted by Crippen LogP contribution is 2.10. The van der Waals surface area contributed by atoms with Gasteiger partial charge in [-0.15, -0.1) is 0 Å². The van der Waals surface area contributed by atoms with Crippen molar-refractivity contribution in [2.24, 2.45) is 5.92 Å². The predicted octanol–water partition coefficient (Wildman–Crippen LogP) is 0.666. The zero-order chi connectivity index (χ0) is 30.9. The molecule has 42 heavy (non-hydrogen) atoms. The monoisotopic (exact) mass is 576 g/mol. The Morgan fingerprint density at radius 1 is 0.762 bits per heavy atom. The molecule has 221 valence electrons. The maximum Gasteiger partial charge on any atom is 0.482 e. The van der Waals surface area contributed by atoms with Crippen molar-refractivity contribution < 1.29 is 34.3 Å². The van der Waals surface area contributed by atoms with Gasteiger partial charge in [0.05, 0.1) is 6.20 Å². The minimum absolute atomic E-state index is 0. The third-order valence-electron chi connectivity index (χ3n) is 5.94. The summed E-state index contributed by atoms with van der Waals surface area (Å²) in [5, 5.41) is 31.6. The van der Waals surface area contributed by atoms with Gasteiger partial charge in [0.1, 0.15) is 23.8 Å². The largest absolute Gasteiger partial charge is 0.482 e. The normalized spacial score (nSPS) is 12.5. The van der Waals surface area contributed by atoms with E-state index in [0.29, 0.717) is 0 Å². The molecule has 0 fully saturated rings. The van der Waals surface area contributed by atoms with E-state index in [-0.39, 0.29) is 38.6 Å². The number of benzene rings is 2. The van der Waals surface area contributed by atoms with Crippen molar-refractivity contribution in [2.75, 3.05) is 0 Å². The number of carbonyl (C=O) groups excluding carboxylic acids is 3. The van der Waals surface area contributed by atoms with Crippen molar-refractivity contribution in [2.45, 2.75) is 51.2 Å². The van der Waals surface area contributed by atoms with Gasteiger partial charge >= 0.3 is 13.7 Å². The molecule has 1 heterocycles. The molecule has 6 N–H and O–H groups in total. The summed E-state index contributed by atoms with van der Waals surface area (Å²) >= 11 is 0. The number of carboxylic acids is 1. The second-order valence-electron chi connectivity index (χ2n) is 9.70. The van der Waals surface area contributed by atoms with Gasteiger partial charge in [0.25, 0.3) is 5.91 Å². The van der Waals surface area contributed by atoms with E-state index in [0.717, 1.165) is 11.1 Å². The molecule has 0 saturated carbocycles. The van der Waals surface area contributed by atoms with Crippen molar-refractivity contribution in [3.8, 4) is 0 Å². The first-order chi connectivity index (χ1) is 20.1. The first-order valence-electron chi connectivity index (χ1n) is 13.2. The number of aromatic nitrogens is 2. The molecule has 0 spiro atoms. The molecule has 3 rings (SSSR count). The van der Waals surface area contributed by atoms with Gasteiger partial charge in [0, 0.05) is 25.2 Å². The molecule has 0 aliphatic heterocycles. The Labute approximate surface area is 244 Å². The molecular formula is C29H35BN5O7. The molecule has 3 aromatic rings. The van der Waals surface area contributed by atoms with Crippen LogP contribution in [0.5, 0.6) is 0 Å². The second kappa shape index (κ2) is 17.9. The van der Waals surface area contributed by atoms with E-state index in [1.807, 2.05) is 74.5 Å². The SMILES string of the molecule is CC(C)C[C@H](NC(=O)[C@H](Cc1ccccc1)NC(=O)[C@H](Cc1ccccc1)NC(=O)c1cnccn1)C(=O)O.O[B]O. The molecular weight excluding hydrogens is 541 g/mol. The zero-order valence-electron chi connectivity index (χ0n) is 23.4. The highest BCUT2D eigenvalue weighted by Gasteiger charge is 2.30. The number of carbonyl (C=O) groups is 4. The van der Waals surface area contributed by atoms with Crippen molar-refractivity contribution in [3.05, 3.63) is 96.1 Å². The van der Waals surface area contributed by atoms with Crippen LogP contribution in [0.4, 0.5) is 0 Å². The smallest absolute Gasteiger partial charge is 0.480 e. The van der Waals surface area contributed by atoms with E-state index < -0.39 is 41.8 Å². The lowest BCUT2D eigenvalue weighted by Gasteiger charge is -2.25. The predicted molar refractivity (Wildman–Crippen MR) is 155 cm³/mol. The number of nitrogens with one attached hydrogen (secondary N) is 3. The van der Waals surface area contributed by atoms with Crippen molar-refractivity contribution in [1.29, 1.82) is 0 Å². The Morgan fingerprint density at radius 3 is 1.67 bits per heavy atom. The van der Waals surface area contributed by atoms with Crippen LogP contribution < -0.4 is 16.0 Å². The summed E-state index contributed by atoms with van der Waals surface area (Å²) in [7, 11) is 0. The topological polar surface area (TPSA) is 191 Å². The molecule has 1 radical (unpaired) electrons. The Bertz CT molecular complexity index is 1270. The molecule has 3 amide bonds. The average Bonchev–Trinajstić information content (AvgIpc) is 2.97. The van der Waals surface area contributed by atoms with Gasteiger partial charge in [-0.1, -0.05) is 74.5 Å². The Kier molecular flexibility index (Phi) is 14.4. The lowest BCUT2D eigenvalue weighted by molar-refractivity contribution is -0.142. The molecule has 2 aromatic carbocycles. The minimum atomic E-state index is -1.15. The van der Waals surface area contributed by atoms with Gasteiger partial charge < -0.3 is 31.1 Å². The standard InChI is InChI=1S/C29H33N5O5.BH2O2/c1-19(2)15-24(29(38)39)34-27(36)23(17-21-11-7-4-8-12-21)32-26(35)22(16-20-9-5-3-6-10-20)33-28(37)25-18-30-13-14-31-25;2-1-3/h3-14,18-19,22-24H,15-17H2,1-2H3,(H,32,35)(H,33,37)(H,34,36)(H,38,39);2-3H/t22-,23-,24-;/m0./s1. The lowest BCUT2D eigenvalue weighted by Crippen LogP contribution is -2.57. The van der Waals surface area contributed by atoms with Crippen LogP contribution in [0.1, 0.15) is 41.9 Å². The number of hydrogen-bond acceptors (Lipinski definition) is 8. The molecule has 0 bridgehead atoms. The summed E-state index contributed by atoms with van der Waals surface area (Å²) in [4.78, 5) is 59.4. The molecule has 13 heteroatoms. The summed E-state index contributed by atoms with van der Waals surface area (Å²) in [5.74, 6) is -2.94. The second-order valence-corrected chi connectivity index (χ2v) is 9.70. The van der Waals surface area contributed by atoms with E-state index >= 15 is 0 Å². The molecule has 0 aliphatic carbocycles. The first-order valence-corrected chi connectivity index (χ1v) is 13.2. The molecule has 0 aliphatic rings. The summed E-state index contributed by atoms with van der Waals surface area (Å²) in [6, 6.07) is 15.0. The van der Waals surface area contributed by atoms with Crippen LogP contribution in [-0.2, 0) is 27.2 Å².